The van der Waals surface area contributed by atoms with E-state index < -0.39 is 0 Å². The van der Waals surface area contributed by atoms with Crippen LogP contribution in [0.4, 0.5) is 0 Å². The number of rotatable bonds is 6. The number of likely N-dealkylation sites (N-methyl/N-ethyl adjacent to an activating group) is 1. The van der Waals surface area contributed by atoms with E-state index >= 15 is 0 Å². The fraction of sp³-hybridized carbons (Fsp3) is 0.429. The molecule has 0 aliphatic rings. The number of hydrogen-bond donors (Lipinski definition) is 0. The molecular formula is C14H19NO2. The molecule has 1 amide bonds. The highest BCUT2D eigenvalue weighted by molar-refractivity contribution is 5.85. The maximum absolute atomic E-state index is 11.7. The van der Waals surface area contributed by atoms with Crippen molar-refractivity contribution in [2.75, 3.05) is 13.6 Å². The lowest BCUT2D eigenvalue weighted by atomic mass is 10.1. The van der Waals surface area contributed by atoms with Gasteiger partial charge in [-0.3, -0.25) is 9.59 Å². The Hall–Kier alpha value is -1.64. The van der Waals surface area contributed by atoms with Crippen LogP contribution in [0, 0.1) is 0 Å². The lowest BCUT2D eigenvalue weighted by Gasteiger charge is -2.14. The van der Waals surface area contributed by atoms with Crippen molar-refractivity contribution in [1.82, 2.24) is 4.90 Å². The minimum Gasteiger partial charge on any atom is -0.338 e. The number of amides is 1. The van der Waals surface area contributed by atoms with Gasteiger partial charge in [0.25, 0.3) is 0 Å². The zero-order chi connectivity index (χ0) is 12.7. The molecule has 0 spiro atoms. The summed E-state index contributed by atoms with van der Waals surface area (Å²) in [6.07, 6.45) is 1.68. The van der Waals surface area contributed by atoms with Gasteiger partial charge in [0.2, 0.25) is 5.91 Å². The van der Waals surface area contributed by atoms with Gasteiger partial charge in [0, 0.05) is 19.9 Å². The van der Waals surface area contributed by atoms with Crippen LogP contribution in [0.15, 0.2) is 30.3 Å². The Kier molecular flexibility index (Phi) is 5.40. The van der Waals surface area contributed by atoms with Gasteiger partial charge in [-0.1, -0.05) is 37.3 Å². The molecule has 0 saturated carbocycles. The van der Waals surface area contributed by atoms with Crippen LogP contribution in [0.2, 0.25) is 0 Å². The third-order valence-electron chi connectivity index (χ3n) is 2.68. The van der Waals surface area contributed by atoms with Crippen molar-refractivity contribution >= 4 is 11.7 Å². The molecule has 0 aliphatic heterocycles. The molecule has 92 valence electrons. The van der Waals surface area contributed by atoms with Gasteiger partial charge < -0.3 is 4.90 Å². The van der Waals surface area contributed by atoms with Crippen molar-refractivity contribution in [1.29, 1.82) is 0 Å². The van der Waals surface area contributed by atoms with Crippen LogP contribution in [0.3, 0.4) is 0 Å². The van der Waals surface area contributed by atoms with Crippen molar-refractivity contribution in [2.24, 2.45) is 0 Å². The van der Waals surface area contributed by atoms with Gasteiger partial charge in [-0.2, -0.15) is 0 Å². The largest absolute Gasteiger partial charge is 0.338 e. The quantitative estimate of drug-likeness (QED) is 0.754. The minimum absolute atomic E-state index is 0.0121. The summed E-state index contributed by atoms with van der Waals surface area (Å²) in [5.74, 6) is 0.121. The summed E-state index contributed by atoms with van der Waals surface area (Å²) in [5.41, 5.74) is 1.16. The van der Waals surface area contributed by atoms with Gasteiger partial charge in [-0.25, -0.2) is 0 Å². The van der Waals surface area contributed by atoms with Crippen molar-refractivity contribution in [3.63, 3.8) is 0 Å². The monoisotopic (exact) mass is 233 g/mol. The average molecular weight is 233 g/mol. The summed E-state index contributed by atoms with van der Waals surface area (Å²) in [4.78, 5) is 24.4. The molecule has 0 radical (unpaired) electrons. The second-order valence-corrected chi connectivity index (χ2v) is 4.13. The molecule has 0 heterocycles. The van der Waals surface area contributed by atoms with Crippen LogP contribution >= 0.6 is 0 Å². The summed E-state index contributed by atoms with van der Waals surface area (Å²) in [5, 5.41) is 0. The van der Waals surface area contributed by atoms with Gasteiger partial charge in [0.1, 0.15) is 0 Å². The Labute approximate surface area is 102 Å². The predicted molar refractivity (Wildman–Crippen MR) is 67.7 cm³/mol. The Morgan fingerprint density at radius 2 is 1.82 bits per heavy atom. The fourth-order valence-corrected chi connectivity index (χ4v) is 1.63. The first kappa shape index (κ1) is 13.4. The normalized spacial score (nSPS) is 10.0. The molecule has 0 saturated heterocycles. The third kappa shape index (κ3) is 4.81. The van der Waals surface area contributed by atoms with Gasteiger partial charge in [-0.05, 0) is 12.0 Å². The van der Waals surface area contributed by atoms with Crippen molar-refractivity contribution in [2.45, 2.75) is 26.2 Å². The molecular weight excluding hydrogens is 214 g/mol. The standard InChI is InChI=1S/C14H19NO2/c1-3-14(17)15(2)11-13(16)10-9-12-7-5-4-6-8-12/h4-8H,3,9-11H2,1-2H3. The Balaban J connectivity index is 2.33. The minimum atomic E-state index is 0.0121. The third-order valence-corrected chi connectivity index (χ3v) is 2.68. The zero-order valence-corrected chi connectivity index (χ0v) is 10.5. The molecule has 1 rings (SSSR count). The maximum atomic E-state index is 11.7. The highest BCUT2D eigenvalue weighted by Gasteiger charge is 2.10. The first-order chi connectivity index (χ1) is 8.13. The summed E-state index contributed by atoms with van der Waals surface area (Å²) in [6, 6.07) is 9.90. The molecule has 3 heteroatoms. The predicted octanol–water partition coefficient (Wildman–Crippen LogP) is 2.06. The van der Waals surface area contributed by atoms with E-state index in [4.69, 9.17) is 0 Å². The fourth-order valence-electron chi connectivity index (χ4n) is 1.63. The SMILES string of the molecule is CCC(=O)N(C)CC(=O)CCc1ccccc1. The molecule has 1 aromatic rings. The van der Waals surface area contributed by atoms with Crippen molar-refractivity contribution in [3.05, 3.63) is 35.9 Å². The van der Waals surface area contributed by atoms with Crippen LogP contribution in [0.25, 0.3) is 0 Å². The van der Waals surface area contributed by atoms with Crippen molar-refractivity contribution < 1.29 is 9.59 Å². The van der Waals surface area contributed by atoms with E-state index in [2.05, 4.69) is 0 Å². The number of benzene rings is 1. The molecule has 1 aromatic carbocycles. The lowest BCUT2D eigenvalue weighted by Crippen LogP contribution is -2.31. The molecule has 17 heavy (non-hydrogen) atoms. The molecule has 0 unspecified atom stereocenters. The van der Waals surface area contributed by atoms with E-state index in [1.165, 1.54) is 4.90 Å². The second-order valence-electron chi connectivity index (χ2n) is 4.13. The Bertz CT molecular complexity index is 373. The van der Waals surface area contributed by atoms with Gasteiger partial charge in [0.15, 0.2) is 5.78 Å². The van der Waals surface area contributed by atoms with E-state index in [0.29, 0.717) is 12.8 Å². The number of hydrogen-bond acceptors (Lipinski definition) is 2. The summed E-state index contributed by atoms with van der Waals surface area (Å²) in [7, 11) is 1.67. The summed E-state index contributed by atoms with van der Waals surface area (Å²) < 4.78 is 0. The van der Waals surface area contributed by atoms with Crippen LogP contribution in [0.5, 0.6) is 0 Å². The Morgan fingerprint density at radius 1 is 1.18 bits per heavy atom. The number of carbonyl (C=O) groups is 2. The number of carbonyl (C=O) groups excluding carboxylic acids is 2. The van der Waals surface area contributed by atoms with Crippen LogP contribution < -0.4 is 0 Å². The molecule has 0 fully saturated rings. The van der Waals surface area contributed by atoms with E-state index in [9.17, 15) is 9.59 Å². The van der Waals surface area contributed by atoms with E-state index in [1.807, 2.05) is 30.3 Å². The van der Waals surface area contributed by atoms with Crippen LogP contribution in [0.1, 0.15) is 25.3 Å². The average Bonchev–Trinajstić information content (AvgIpc) is 2.36. The van der Waals surface area contributed by atoms with Gasteiger partial charge in [-0.15, -0.1) is 0 Å². The number of nitrogens with zero attached hydrogens (tertiary/aromatic N) is 1. The van der Waals surface area contributed by atoms with Gasteiger partial charge in [0.05, 0.1) is 6.54 Å². The summed E-state index contributed by atoms with van der Waals surface area (Å²) in [6.45, 7) is 2.02. The highest BCUT2D eigenvalue weighted by atomic mass is 16.2. The van der Waals surface area contributed by atoms with Crippen LogP contribution in [-0.2, 0) is 16.0 Å². The van der Waals surface area contributed by atoms with Crippen molar-refractivity contribution in [3.8, 4) is 0 Å². The molecule has 3 nitrogen and oxygen atoms in total. The first-order valence-corrected chi connectivity index (χ1v) is 5.93. The number of aryl methyl sites for hydroxylation is 1. The Morgan fingerprint density at radius 3 is 2.41 bits per heavy atom. The second kappa shape index (κ2) is 6.84. The maximum Gasteiger partial charge on any atom is 0.222 e. The van der Waals surface area contributed by atoms with E-state index in [1.54, 1.807) is 14.0 Å². The highest BCUT2D eigenvalue weighted by Crippen LogP contribution is 2.03. The first-order valence-electron chi connectivity index (χ1n) is 5.93. The molecule has 0 N–H and O–H groups in total. The van der Waals surface area contributed by atoms with Gasteiger partial charge >= 0.3 is 0 Å². The number of ketones is 1. The molecule has 0 bridgehead atoms. The lowest BCUT2D eigenvalue weighted by molar-refractivity contribution is -0.133. The van der Waals surface area contributed by atoms with E-state index in [0.717, 1.165) is 12.0 Å². The van der Waals surface area contributed by atoms with Crippen LogP contribution in [-0.4, -0.2) is 30.2 Å². The topological polar surface area (TPSA) is 37.4 Å². The molecule has 0 aromatic heterocycles. The molecule has 0 atom stereocenters. The molecule has 0 aliphatic carbocycles. The zero-order valence-electron chi connectivity index (χ0n) is 10.5. The summed E-state index contributed by atoms with van der Waals surface area (Å²) >= 11 is 0. The van der Waals surface area contributed by atoms with E-state index in [-0.39, 0.29) is 18.2 Å². The number of Topliss-reactive ketones (excluding diaryl/α,β-unsaturated/α-hetero) is 1. The smallest absolute Gasteiger partial charge is 0.222 e.